The molecule has 0 saturated carbocycles. The van der Waals surface area contributed by atoms with Gasteiger partial charge in [0.25, 0.3) is 0 Å². The maximum atomic E-state index is 5.29. The molecule has 2 aromatic carbocycles. The molecular weight excluding hydrogens is 334 g/mol. The summed E-state index contributed by atoms with van der Waals surface area (Å²) >= 11 is 0. The van der Waals surface area contributed by atoms with Crippen molar-refractivity contribution in [3.05, 3.63) is 54.1 Å². The van der Waals surface area contributed by atoms with Crippen LogP contribution in [-0.4, -0.2) is 49.7 Å². The van der Waals surface area contributed by atoms with Gasteiger partial charge in [-0.15, -0.1) is 0 Å². The Balaban J connectivity index is 1.78. The Bertz CT molecular complexity index is 928. The summed E-state index contributed by atoms with van der Waals surface area (Å²) in [6.45, 7) is 9.74. The highest BCUT2D eigenvalue weighted by atomic mass is 16.5. The van der Waals surface area contributed by atoms with Gasteiger partial charge in [-0.2, -0.15) is 0 Å². The first kappa shape index (κ1) is 17.8. The van der Waals surface area contributed by atoms with Crippen molar-refractivity contribution < 1.29 is 4.74 Å². The molecule has 1 aliphatic heterocycles. The molecule has 0 bridgehead atoms. The zero-order valence-electron chi connectivity index (χ0n) is 16.4. The Morgan fingerprint density at radius 2 is 1.70 bits per heavy atom. The lowest BCUT2D eigenvalue weighted by Crippen LogP contribution is -2.46. The smallest absolute Gasteiger partial charge is 0.137 e. The molecule has 0 atom stereocenters. The monoisotopic (exact) mass is 361 g/mol. The van der Waals surface area contributed by atoms with E-state index >= 15 is 0 Å². The normalized spacial score (nSPS) is 15.3. The molecule has 0 amide bonds. The van der Waals surface area contributed by atoms with E-state index in [9.17, 15) is 0 Å². The lowest BCUT2D eigenvalue weighted by atomic mass is 10.0. The summed E-state index contributed by atoms with van der Waals surface area (Å²) in [6, 6.07) is 17.0. The third-order valence-electron chi connectivity index (χ3n) is 5.47. The fourth-order valence-corrected chi connectivity index (χ4v) is 3.77. The van der Waals surface area contributed by atoms with Crippen LogP contribution in [0.4, 0.5) is 5.82 Å². The van der Waals surface area contributed by atoms with E-state index in [1.807, 2.05) is 12.1 Å². The molecular formula is C23H27N3O. The first-order chi connectivity index (χ1) is 13.2. The standard InChI is InChI=1S/C23H27N3O/c1-4-25-11-13-26(14-12-25)23-21-15-17(2)5-6-19(21)16-22(24-23)18-7-9-20(27-3)10-8-18/h5-10,15-16H,4,11-14H2,1-3H3. The van der Waals surface area contributed by atoms with Gasteiger partial charge >= 0.3 is 0 Å². The minimum absolute atomic E-state index is 0.867. The van der Waals surface area contributed by atoms with Gasteiger partial charge in [-0.05, 0) is 55.3 Å². The molecule has 3 aromatic rings. The highest BCUT2D eigenvalue weighted by molar-refractivity contribution is 5.95. The quantitative estimate of drug-likeness (QED) is 0.690. The fraction of sp³-hybridized carbons (Fsp3) is 0.348. The van der Waals surface area contributed by atoms with Crippen LogP contribution in [0.25, 0.3) is 22.0 Å². The van der Waals surface area contributed by atoms with Crippen molar-refractivity contribution in [2.45, 2.75) is 13.8 Å². The van der Waals surface area contributed by atoms with Crippen LogP contribution in [0.5, 0.6) is 5.75 Å². The SMILES string of the molecule is CCN1CCN(c2nc(-c3ccc(OC)cc3)cc3ccc(C)cc23)CC1. The Hall–Kier alpha value is -2.59. The Morgan fingerprint density at radius 1 is 0.963 bits per heavy atom. The minimum atomic E-state index is 0.867. The number of benzene rings is 2. The fourth-order valence-electron chi connectivity index (χ4n) is 3.77. The van der Waals surface area contributed by atoms with E-state index in [-0.39, 0.29) is 0 Å². The number of aryl methyl sites for hydroxylation is 1. The van der Waals surface area contributed by atoms with Crippen molar-refractivity contribution in [1.82, 2.24) is 9.88 Å². The molecule has 27 heavy (non-hydrogen) atoms. The molecule has 1 fully saturated rings. The second-order valence-electron chi connectivity index (χ2n) is 7.21. The number of fused-ring (bicyclic) bond motifs is 1. The Morgan fingerprint density at radius 3 is 2.37 bits per heavy atom. The summed E-state index contributed by atoms with van der Waals surface area (Å²) in [5, 5.41) is 2.49. The average Bonchev–Trinajstić information content (AvgIpc) is 2.73. The molecule has 140 valence electrons. The summed E-state index contributed by atoms with van der Waals surface area (Å²) in [5.41, 5.74) is 3.41. The summed E-state index contributed by atoms with van der Waals surface area (Å²) in [4.78, 5) is 10.1. The number of rotatable bonds is 4. The number of anilines is 1. The predicted molar refractivity (Wildman–Crippen MR) is 113 cm³/mol. The lowest BCUT2D eigenvalue weighted by Gasteiger charge is -2.35. The number of nitrogens with zero attached hydrogens (tertiary/aromatic N) is 3. The highest BCUT2D eigenvalue weighted by Crippen LogP contribution is 2.32. The van der Waals surface area contributed by atoms with Gasteiger partial charge in [-0.3, -0.25) is 0 Å². The van der Waals surface area contributed by atoms with Gasteiger partial charge in [0.1, 0.15) is 11.6 Å². The molecule has 1 aliphatic rings. The van der Waals surface area contributed by atoms with Crippen molar-refractivity contribution in [2.24, 2.45) is 0 Å². The van der Waals surface area contributed by atoms with Crippen molar-refractivity contribution in [1.29, 1.82) is 0 Å². The van der Waals surface area contributed by atoms with Crippen molar-refractivity contribution >= 4 is 16.6 Å². The molecule has 1 saturated heterocycles. The Kier molecular flexibility index (Phi) is 4.99. The number of likely N-dealkylation sites (N-methyl/N-ethyl adjacent to an activating group) is 1. The molecule has 4 nitrogen and oxygen atoms in total. The molecule has 0 unspecified atom stereocenters. The van der Waals surface area contributed by atoms with E-state index in [1.165, 1.54) is 16.3 Å². The van der Waals surface area contributed by atoms with Crippen molar-refractivity contribution in [3.63, 3.8) is 0 Å². The number of methoxy groups -OCH3 is 1. The number of hydrogen-bond donors (Lipinski definition) is 0. The van der Waals surface area contributed by atoms with Crippen LogP contribution in [0.15, 0.2) is 48.5 Å². The van der Waals surface area contributed by atoms with Crippen LogP contribution < -0.4 is 9.64 Å². The van der Waals surface area contributed by atoms with E-state index < -0.39 is 0 Å². The number of piperazine rings is 1. The van der Waals surface area contributed by atoms with Gasteiger partial charge in [-0.1, -0.05) is 24.6 Å². The van der Waals surface area contributed by atoms with Crippen LogP contribution >= 0.6 is 0 Å². The topological polar surface area (TPSA) is 28.6 Å². The molecule has 0 N–H and O–H groups in total. The molecule has 2 heterocycles. The largest absolute Gasteiger partial charge is 0.497 e. The van der Waals surface area contributed by atoms with Crippen molar-refractivity contribution in [2.75, 3.05) is 44.7 Å². The van der Waals surface area contributed by atoms with Gasteiger partial charge in [-0.25, -0.2) is 4.98 Å². The third kappa shape index (κ3) is 3.62. The van der Waals surface area contributed by atoms with Gasteiger partial charge in [0.15, 0.2) is 0 Å². The molecule has 0 aliphatic carbocycles. The molecule has 4 rings (SSSR count). The van der Waals surface area contributed by atoms with E-state index in [0.717, 1.165) is 55.5 Å². The number of aromatic nitrogens is 1. The number of pyridine rings is 1. The summed E-state index contributed by atoms with van der Waals surface area (Å²) < 4.78 is 5.29. The predicted octanol–water partition coefficient (Wildman–Crippen LogP) is 4.36. The van der Waals surface area contributed by atoms with Gasteiger partial charge in [0.05, 0.1) is 12.8 Å². The number of ether oxygens (including phenoxy) is 1. The van der Waals surface area contributed by atoms with Gasteiger partial charge < -0.3 is 14.5 Å². The maximum absolute atomic E-state index is 5.29. The summed E-state index contributed by atoms with van der Waals surface area (Å²) in [7, 11) is 1.69. The van der Waals surface area contributed by atoms with E-state index in [0.29, 0.717) is 0 Å². The van der Waals surface area contributed by atoms with Crippen LogP contribution in [0.3, 0.4) is 0 Å². The first-order valence-electron chi connectivity index (χ1n) is 9.71. The van der Waals surface area contributed by atoms with E-state index in [1.54, 1.807) is 7.11 Å². The summed E-state index contributed by atoms with van der Waals surface area (Å²) in [5.74, 6) is 1.98. The Labute approximate surface area is 161 Å². The molecule has 4 heteroatoms. The summed E-state index contributed by atoms with van der Waals surface area (Å²) in [6.07, 6.45) is 0. The third-order valence-corrected chi connectivity index (χ3v) is 5.47. The maximum Gasteiger partial charge on any atom is 0.137 e. The highest BCUT2D eigenvalue weighted by Gasteiger charge is 2.20. The van der Waals surface area contributed by atoms with Crippen molar-refractivity contribution in [3.8, 4) is 17.0 Å². The van der Waals surface area contributed by atoms with Crippen LogP contribution in [0, 0.1) is 6.92 Å². The zero-order chi connectivity index (χ0) is 18.8. The van der Waals surface area contributed by atoms with Crippen LogP contribution in [0.2, 0.25) is 0 Å². The molecule has 1 aromatic heterocycles. The minimum Gasteiger partial charge on any atom is -0.497 e. The van der Waals surface area contributed by atoms with Gasteiger partial charge in [0.2, 0.25) is 0 Å². The van der Waals surface area contributed by atoms with E-state index in [2.05, 4.69) is 60.0 Å². The zero-order valence-corrected chi connectivity index (χ0v) is 16.4. The van der Waals surface area contributed by atoms with Gasteiger partial charge in [0, 0.05) is 37.1 Å². The number of hydrogen-bond acceptors (Lipinski definition) is 4. The van der Waals surface area contributed by atoms with Crippen LogP contribution in [0.1, 0.15) is 12.5 Å². The molecule has 0 spiro atoms. The average molecular weight is 361 g/mol. The lowest BCUT2D eigenvalue weighted by molar-refractivity contribution is 0.271. The first-order valence-corrected chi connectivity index (χ1v) is 9.71. The second kappa shape index (κ2) is 7.57. The second-order valence-corrected chi connectivity index (χ2v) is 7.21. The van der Waals surface area contributed by atoms with Crippen LogP contribution in [-0.2, 0) is 0 Å². The van der Waals surface area contributed by atoms with E-state index in [4.69, 9.17) is 9.72 Å². The molecule has 0 radical (unpaired) electrons.